The van der Waals surface area contributed by atoms with E-state index in [9.17, 15) is 4.79 Å². The highest BCUT2D eigenvalue weighted by Gasteiger charge is 2.17. The molecule has 0 radical (unpaired) electrons. The van der Waals surface area contributed by atoms with Crippen LogP contribution in [0.1, 0.15) is 21.7 Å². The molecule has 0 saturated carbocycles. The predicted molar refractivity (Wildman–Crippen MR) is 133 cm³/mol. The fourth-order valence-electron chi connectivity index (χ4n) is 3.00. The topological polar surface area (TPSA) is 59.8 Å². The van der Waals surface area contributed by atoms with Gasteiger partial charge in [-0.05, 0) is 48.0 Å². The molecule has 1 amide bonds. The van der Waals surface area contributed by atoms with E-state index in [-0.39, 0.29) is 12.5 Å². The second-order valence-electron chi connectivity index (χ2n) is 6.79. The van der Waals surface area contributed by atoms with Gasteiger partial charge in [0.25, 0.3) is 5.91 Å². The van der Waals surface area contributed by atoms with E-state index in [2.05, 4.69) is 43.6 Å². The van der Waals surface area contributed by atoms with Crippen LogP contribution in [-0.4, -0.2) is 20.7 Å². The normalized spacial score (nSPS) is 10.8. The Morgan fingerprint density at radius 3 is 2.50 bits per heavy atom. The van der Waals surface area contributed by atoms with E-state index in [0.717, 1.165) is 21.1 Å². The monoisotopic (exact) mass is 546 g/mol. The Kier molecular flexibility index (Phi) is 7.52. The van der Waals surface area contributed by atoms with E-state index in [1.807, 2.05) is 47.0 Å². The maximum Gasteiger partial charge on any atom is 0.253 e. The molecule has 1 heterocycles. The Balaban J connectivity index is 1.55. The lowest BCUT2D eigenvalue weighted by Crippen LogP contribution is -2.25. The van der Waals surface area contributed by atoms with Crippen molar-refractivity contribution in [3.05, 3.63) is 104 Å². The third kappa shape index (κ3) is 5.53. The molecule has 1 aromatic heterocycles. The van der Waals surface area contributed by atoms with Gasteiger partial charge in [0.2, 0.25) is 0 Å². The van der Waals surface area contributed by atoms with Crippen LogP contribution in [0, 0.1) is 0 Å². The molecule has 3 aromatic carbocycles. The molecule has 4 aromatic rings. The van der Waals surface area contributed by atoms with Gasteiger partial charge in [0, 0.05) is 20.9 Å². The Labute approximate surface area is 208 Å². The molecule has 0 aliphatic carbocycles. The van der Waals surface area contributed by atoms with Crippen molar-refractivity contribution in [3.63, 3.8) is 0 Å². The minimum Gasteiger partial charge on any atom is -0.345 e. The average Bonchev–Trinajstić information content (AvgIpc) is 3.22. The lowest BCUT2D eigenvalue weighted by atomic mass is 10.2. The van der Waals surface area contributed by atoms with Gasteiger partial charge in [-0.1, -0.05) is 81.2 Å². The maximum atomic E-state index is 12.7. The highest BCUT2D eigenvalue weighted by atomic mass is 79.9. The van der Waals surface area contributed by atoms with Crippen LogP contribution in [0.3, 0.4) is 0 Å². The molecule has 0 atom stereocenters. The van der Waals surface area contributed by atoms with Gasteiger partial charge in [-0.25, -0.2) is 0 Å². The standard InChI is InChI=1S/C23H17BrCl2N4OS/c24-16-8-6-15(7-9-16)14-32-23-29-28-21(30(23)18-4-2-1-3-5-18)13-27-22(31)19-12-17(25)10-11-20(19)26/h1-12H,13-14H2,(H,27,31). The van der Waals surface area contributed by atoms with E-state index in [1.54, 1.807) is 30.0 Å². The first-order valence-electron chi connectivity index (χ1n) is 9.61. The Morgan fingerprint density at radius 1 is 1.00 bits per heavy atom. The lowest BCUT2D eigenvalue weighted by Gasteiger charge is -2.11. The molecule has 0 saturated heterocycles. The van der Waals surface area contributed by atoms with Crippen LogP contribution >= 0.6 is 50.9 Å². The number of hydrogen-bond donors (Lipinski definition) is 1. The molecule has 0 aliphatic rings. The average molecular weight is 548 g/mol. The molecule has 5 nitrogen and oxygen atoms in total. The fraction of sp³-hybridized carbons (Fsp3) is 0.0870. The van der Waals surface area contributed by atoms with Crippen molar-refractivity contribution in [3.8, 4) is 5.69 Å². The van der Waals surface area contributed by atoms with Gasteiger partial charge in [0.1, 0.15) is 0 Å². The van der Waals surface area contributed by atoms with Crippen LogP contribution < -0.4 is 5.32 Å². The highest BCUT2D eigenvalue weighted by molar-refractivity contribution is 9.10. The van der Waals surface area contributed by atoms with Crippen molar-refractivity contribution in [2.45, 2.75) is 17.5 Å². The quantitative estimate of drug-likeness (QED) is 0.266. The van der Waals surface area contributed by atoms with Gasteiger partial charge in [-0.15, -0.1) is 10.2 Å². The number of thioether (sulfide) groups is 1. The van der Waals surface area contributed by atoms with E-state index in [4.69, 9.17) is 23.2 Å². The number of rotatable bonds is 7. The van der Waals surface area contributed by atoms with Crippen molar-refractivity contribution in [2.24, 2.45) is 0 Å². The smallest absolute Gasteiger partial charge is 0.253 e. The minimum absolute atomic E-state index is 0.183. The molecule has 0 fully saturated rings. The summed E-state index contributed by atoms with van der Waals surface area (Å²) in [6.07, 6.45) is 0. The molecule has 1 N–H and O–H groups in total. The SMILES string of the molecule is O=C(NCc1nnc(SCc2ccc(Br)cc2)n1-c1ccccc1)c1cc(Cl)ccc1Cl. The van der Waals surface area contributed by atoms with Gasteiger partial charge in [0.05, 0.1) is 17.1 Å². The summed E-state index contributed by atoms with van der Waals surface area (Å²) in [5.41, 5.74) is 2.40. The third-order valence-electron chi connectivity index (χ3n) is 4.58. The van der Waals surface area contributed by atoms with Crippen molar-refractivity contribution in [1.82, 2.24) is 20.1 Å². The van der Waals surface area contributed by atoms with Gasteiger partial charge in [-0.2, -0.15) is 0 Å². The Hall–Kier alpha value is -2.32. The molecule has 162 valence electrons. The second kappa shape index (κ2) is 10.5. The predicted octanol–water partition coefficient (Wildman–Crippen LogP) is 6.56. The van der Waals surface area contributed by atoms with Crippen LogP contribution in [0.2, 0.25) is 10.0 Å². The number of nitrogens with one attached hydrogen (secondary N) is 1. The van der Waals surface area contributed by atoms with Gasteiger partial charge in [-0.3, -0.25) is 9.36 Å². The second-order valence-corrected chi connectivity index (χ2v) is 9.49. The fourth-order valence-corrected chi connectivity index (χ4v) is 4.57. The third-order valence-corrected chi connectivity index (χ3v) is 6.67. The zero-order valence-electron chi connectivity index (χ0n) is 16.6. The van der Waals surface area contributed by atoms with E-state index >= 15 is 0 Å². The lowest BCUT2D eigenvalue weighted by molar-refractivity contribution is 0.0950. The first-order chi connectivity index (χ1) is 15.5. The van der Waals surface area contributed by atoms with E-state index in [0.29, 0.717) is 21.4 Å². The number of amides is 1. The number of carbonyl (C=O) groups excluding carboxylic acids is 1. The molecular formula is C23H17BrCl2N4OS. The summed E-state index contributed by atoms with van der Waals surface area (Å²) < 4.78 is 2.99. The van der Waals surface area contributed by atoms with Gasteiger partial charge in [0.15, 0.2) is 11.0 Å². The van der Waals surface area contributed by atoms with E-state index in [1.165, 1.54) is 5.56 Å². The molecular weight excluding hydrogens is 531 g/mol. The number of aromatic nitrogens is 3. The van der Waals surface area contributed by atoms with Crippen LogP contribution in [0.15, 0.2) is 82.4 Å². The summed E-state index contributed by atoms with van der Waals surface area (Å²) in [5, 5.41) is 13.1. The zero-order valence-corrected chi connectivity index (χ0v) is 20.5. The number of hydrogen-bond acceptors (Lipinski definition) is 4. The van der Waals surface area contributed by atoms with Crippen LogP contribution in [-0.2, 0) is 12.3 Å². The van der Waals surface area contributed by atoms with Crippen molar-refractivity contribution >= 4 is 56.8 Å². The summed E-state index contributed by atoms with van der Waals surface area (Å²) in [6.45, 7) is 0.183. The molecule has 0 spiro atoms. The summed E-state index contributed by atoms with van der Waals surface area (Å²) in [7, 11) is 0. The van der Waals surface area contributed by atoms with Crippen molar-refractivity contribution in [2.75, 3.05) is 0 Å². The van der Waals surface area contributed by atoms with Crippen molar-refractivity contribution in [1.29, 1.82) is 0 Å². The van der Waals surface area contributed by atoms with Crippen LogP contribution in [0.4, 0.5) is 0 Å². The number of nitrogens with zero attached hydrogens (tertiary/aromatic N) is 3. The first-order valence-corrected chi connectivity index (χ1v) is 12.1. The molecule has 32 heavy (non-hydrogen) atoms. The molecule has 0 bridgehead atoms. The van der Waals surface area contributed by atoms with Gasteiger partial charge < -0.3 is 5.32 Å². The van der Waals surface area contributed by atoms with E-state index < -0.39 is 0 Å². The van der Waals surface area contributed by atoms with Crippen molar-refractivity contribution < 1.29 is 4.79 Å². The number of carbonyl (C=O) groups is 1. The summed E-state index contributed by atoms with van der Waals surface area (Å²) in [5.74, 6) is 1.02. The summed E-state index contributed by atoms with van der Waals surface area (Å²) in [6, 6.07) is 22.7. The molecule has 0 unspecified atom stereocenters. The van der Waals surface area contributed by atoms with Crippen LogP contribution in [0.25, 0.3) is 5.69 Å². The molecule has 0 aliphatic heterocycles. The Morgan fingerprint density at radius 2 is 1.75 bits per heavy atom. The largest absolute Gasteiger partial charge is 0.345 e. The molecule has 4 rings (SSSR count). The summed E-state index contributed by atoms with van der Waals surface area (Å²) >= 11 is 17.2. The minimum atomic E-state index is -0.329. The summed E-state index contributed by atoms with van der Waals surface area (Å²) in [4.78, 5) is 12.7. The molecule has 9 heteroatoms. The number of para-hydroxylation sites is 1. The number of benzene rings is 3. The van der Waals surface area contributed by atoms with Crippen LogP contribution in [0.5, 0.6) is 0 Å². The number of halogens is 3. The zero-order chi connectivity index (χ0) is 22.5. The van der Waals surface area contributed by atoms with Gasteiger partial charge >= 0.3 is 0 Å². The highest BCUT2D eigenvalue weighted by Crippen LogP contribution is 2.26. The first kappa shape index (κ1) is 22.9. The Bertz CT molecular complexity index is 1230. The maximum absolute atomic E-state index is 12.7.